The van der Waals surface area contributed by atoms with Crippen molar-refractivity contribution < 1.29 is 8.42 Å². The summed E-state index contributed by atoms with van der Waals surface area (Å²) in [7, 11) is -3.88. The summed E-state index contributed by atoms with van der Waals surface area (Å²) in [6.07, 6.45) is 4.02. The number of nitrogens with zero attached hydrogens (tertiary/aromatic N) is 2. The predicted molar refractivity (Wildman–Crippen MR) is 72.1 cm³/mol. The van der Waals surface area contributed by atoms with Gasteiger partial charge in [-0.2, -0.15) is 0 Å². The van der Waals surface area contributed by atoms with Gasteiger partial charge in [0.15, 0.2) is 5.82 Å². The lowest BCUT2D eigenvalue weighted by Gasteiger charge is -2.11. The van der Waals surface area contributed by atoms with Crippen molar-refractivity contribution >= 4 is 33.1 Å². The molecule has 7 nitrogen and oxygen atoms in total. The first-order valence-electron chi connectivity index (χ1n) is 5.08. The van der Waals surface area contributed by atoms with Gasteiger partial charge in [-0.1, -0.05) is 11.6 Å². The Kier molecular flexibility index (Phi) is 3.84. The SMILES string of the molecule is NNc1ccncc1S(=O)(=O)Nc1ncccc1Cl. The molecule has 2 aromatic rings. The first-order valence-corrected chi connectivity index (χ1v) is 6.94. The molecule has 0 aliphatic rings. The van der Waals surface area contributed by atoms with Gasteiger partial charge in [0.25, 0.3) is 10.0 Å². The van der Waals surface area contributed by atoms with Gasteiger partial charge in [0.05, 0.1) is 10.7 Å². The minimum absolute atomic E-state index is 0.0380. The van der Waals surface area contributed by atoms with Crippen LogP contribution in [0, 0.1) is 0 Å². The van der Waals surface area contributed by atoms with E-state index in [1.807, 2.05) is 0 Å². The zero-order valence-electron chi connectivity index (χ0n) is 9.54. The highest BCUT2D eigenvalue weighted by Gasteiger charge is 2.20. The lowest BCUT2D eigenvalue weighted by molar-refractivity contribution is 0.601. The summed E-state index contributed by atoms with van der Waals surface area (Å²) in [5, 5.41) is 0.192. The van der Waals surface area contributed by atoms with Crippen molar-refractivity contribution in [3.63, 3.8) is 0 Å². The normalized spacial score (nSPS) is 11.1. The lowest BCUT2D eigenvalue weighted by Crippen LogP contribution is -2.18. The molecule has 0 saturated carbocycles. The molecule has 0 amide bonds. The monoisotopic (exact) mass is 299 g/mol. The third-order valence-corrected chi connectivity index (χ3v) is 3.89. The molecule has 2 heterocycles. The second kappa shape index (κ2) is 5.39. The summed E-state index contributed by atoms with van der Waals surface area (Å²) in [4.78, 5) is 7.51. The quantitative estimate of drug-likeness (QED) is 0.578. The molecule has 100 valence electrons. The molecule has 0 atom stereocenters. The third-order valence-electron chi connectivity index (χ3n) is 2.22. The van der Waals surface area contributed by atoms with Crippen LogP contribution in [0.1, 0.15) is 0 Å². The molecule has 0 bridgehead atoms. The van der Waals surface area contributed by atoms with Crippen molar-refractivity contribution in [2.24, 2.45) is 5.84 Å². The van der Waals surface area contributed by atoms with E-state index >= 15 is 0 Å². The Hall–Kier alpha value is -1.90. The number of nitrogens with one attached hydrogen (secondary N) is 2. The molecular weight excluding hydrogens is 290 g/mol. The second-order valence-corrected chi connectivity index (χ2v) is 5.51. The molecule has 0 saturated heterocycles. The zero-order chi connectivity index (χ0) is 13.9. The van der Waals surface area contributed by atoms with E-state index in [2.05, 4.69) is 20.1 Å². The molecular formula is C10H10ClN5O2S. The number of pyridine rings is 2. The number of nitrogen functional groups attached to an aromatic ring is 1. The molecule has 2 rings (SSSR count). The second-order valence-electron chi connectivity index (χ2n) is 3.46. The Morgan fingerprint density at radius 2 is 2.05 bits per heavy atom. The Labute approximate surface area is 114 Å². The first kappa shape index (κ1) is 13.5. The standard InChI is InChI=1S/C10H10ClN5O2S/c11-7-2-1-4-14-10(7)16-19(17,18)9-6-13-5-3-8(9)15-12/h1-6H,12H2,(H,13,15)(H,14,16). The molecule has 0 fully saturated rings. The number of sulfonamides is 1. The van der Waals surface area contributed by atoms with Crippen molar-refractivity contribution in [2.45, 2.75) is 4.90 Å². The van der Waals surface area contributed by atoms with Crippen molar-refractivity contribution in [3.8, 4) is 0 Å². The fraction of sp³-hybridized carbons (Fsp3) is 0. The maximum absolute atomic E-state index is 12.2. The zero-order valence-corrected chi connectivity index (χ0v) is 11.1. The Morgan fingerprint density at radius 1 is 1.26 bits per heavy atom. The Balaban J connectivity index is 2.41. The minimum Gasteiger partial charge on any atom is -0.323 e. The molecule has 0 unspecified atom stereocenters. The van der Waals surface area contributed by atoms with Crippen molar-refractivity contribution in [2.75, 3.05) is 10.1 Å². The van der Waals surface area contributed by atoms with Crippen LogP contribution in [0.25, 0.3) is 0 Å². The average molecular weight is 300 g/mol. The molecule has 9 heteroatoms. The van der Waals surface area contributed by atoms with E-state index in [9.17, 15) is 8.42 Å². The van der Waals surface area contributed by atoms with Crippen LogP contribution in [0.2, 0.25) is 5.02 Å². The molecule has 0 spiro atoms. The average Bonchev–Trinajstić information content (AvgIpc) is 2.41. The number of anilines is 2. The number of halogens is 1. The van der Waals surface area contributed by atoms with E-state index in [4.69, 9.17) is 17.4 Å². The van der Waals surface area contributed by atoms with Gasteiger partial charge in [0, 0.05) is 18.6 Å². The predicted octanol–water partition coefficient (Wildman–Crippen LogP) is 1.22. The van der Waals surface area contributed by atoms with Crippen molar-refractivity contribution in [3.05, 3.63) is 41.8 Å². The summed E-state index contributed by atoms with van der Waals surface area (Å²) in [5.41, 5.74) is 2.51. The van der Waals surface area contributed by atoms with E-state index in [1.54, 1.807) is 6.07 Å². The van der Waals surface area contributed by atoms with Gasteiger partial charge in [-0.25, -0.2) is 13.4 Å². The van der Waals surface area contributed by atoms with Crippen LogP contribution in [-0.4, -0.2) is 18.4 Å². The topological polar surface area (TPSA) is 110 Å². The van der Waals surface area contributed by atoms with Crippen molar-refractivity contribution in [1.29, 1.82) is 0 Å². The first-order chi connectivity index (χ1) is 9.04. The maximum Gasteiger partial charge on any atom is 0.266 e. The summed E-state index contributed by atoms with van der Waals surface area (Å²) < 4.78 is 26.6. The van der Waals surface area contributed by atoms with Gasteiger partial charge in [-0.3, -0.25) is 15.5 Å². The third kappa shape index (κ3) is 2.92. The van der Waals surface area contributed by atoms with Gasteiger partial charge in [0.1, 0.15) is 4.90 Å². The highest BCUT2D eigenvalue weighted by molar-refractivity contribution is 7.92. The number of nitrogens with two attached hydrogens (primary N) is 1. The summed E-state index contributed by atoms with van der Waals surface area (Å²) >= 11 is 5.85. The van der Waals surface area contributed by atoms with E-state index in [0.717, 1.165) is 0 Å². The number of rotatable bonds is 4. The Morgan fingerprint density at radius 3 is 2.74 bits per heavy atom. The molecule has 0 aliphatic carbocycles. The van der Waals surface area contributed by atoms with E-state index in [-0.39, 0.29) is 21.4 Å². The number of hydrogen-bond donors (Lipinski definition) is 3. The van der Waals surface area contributed by atoms with Crippen LogP contribution in [0.3, 0.4) is 0 Å². The lowest BCUT2D eigenvalue weighted by atomic mass is 10.4. The molecule has 2 aromatic heterocycles. The smallest absolute Gasteiger partial charge is 0.266 e. The molecule has 0 aliphatic heterocycles. The molecule has 0 radical (unpaired) electrons. The number of hydrogen-bond acceptors (Lipinski definition) is 6. The van der Waals surface area contributed by atoms with Crippen molar-refractivity contribution in [1.82, 2.24) is 9.97 Å². The van der Waals surface area contributed by atoms with E-state index in [1.165, 1.54) is 30.7 Å². The molecule has 19 heavy (non-hydrogen) atoms. The van der Waals surface area contributed by atoms with Crippen LogP contribution in [0.15, 0.2) is 41.7 Å². The fourth-order valence-corrected chi connectivity index (χ4v) is 2.72. The van der Waals surface area contributed by atoms with Gasteiger partial charge in [-0.05, 0) is 18.2 Å². The summed E-state index contributed by atoms with van der Waals surface area (Å²) in [5.74, 6) is 5.30. The number of hydrazine groups is 1. The Bertz CT molecular complexity index is 692. The van der Waals surface area contributed by atoms with Gasteiger partial charge in [-0.15, -0.1) is 0 Å². The van der Waals surface area contributed by atoms with Gasteiger partial charge < -0.3 is 5.43 Å². The molecule has 0 aromatic carbocycles. The van der Waals surface area contributed by atoms with E-state index in [0.29, 0.717) is 0 Å². The molecule has 4 N–H and O–H groups in total. The van der Waals surface area contributed by atoms with Crippen LogP contribution in [-0.2, 0) is 10.0 Å². The minimum atomic E-state index is -3.88. The fourth-order valence-electron chi connectivity index (χ4n) is 1.36. The van der Waals surface area contributed by atoms with Crippen LogP contribution in [0.5, 0.6) is 0 Å². The summed E-state index contributed by atoms with van der Waals surface area (Å²) in [6, 6.07) is 4.56. The number of aromatic nitrogens is 2. The van der Waals surface area contributed by atoms with Gasteiger partial charge in [0.2, 0.25) is 0 Å². The summed E-state index contributed by atoms with van der Waals surface area (Å²) in [6.45, 7) is 0. The van der Waals surface area contributed by atoms with Crippen LogP contribution < -0.4 is 16.0 Å². The highest BCUT2D eigenvalue weighted by Crippen LogP contribution is 2.24. The maximum atomic E-state index is 12.2. The van der Waals surface area contributed by atoms with E-state index < -0.39 is 10.0 Å². The van der Waals surface area contributed by atoms with Crippen LogP contribution >= 0.6 is 11.6 Å². The van der Waals surface area contributed by atoms with Gasteiger partial charge >= 0.3 is 0 Å². The largest absolute Gasteiger partial charge is 0.323 e. The van der Waals surface area contributed by atoms with Crippen LogP contribution in [0.4, 0.5) is 11.5 Å². The highest BCUT2D eigenvalue weighted by atomic mass is 35.5.